The van der Waals surface area contributed by atoms with E-state index in [0.29, 0.717) is 6.61 Å². The molecule has 0 aromatic carbocycles. The zero-order valence-corrected chi connectivity index (χ0v) is 3.57. The van der Waals surface area contributed by atoms with Crippen LogP contribution in [0.4, 0.5) is 0 Å². The van der Waals surface area contributed by atoms with Crippen LogP contribution in [0, 0.1) is 0 Å². The van der Waals surface area contributed by atoms with Crippen LogP contribution >= 0.6 is 0 Å². The fraction of sp³-hybridized carbons (Fsp3) is 1.00. The summed E-state index contributed by atoms with van der Waals surface area (Å²) in [5.41, 5.74) is 0. The van der Waals surface area contributed by atoms with E-state index in [-0.39, 0.29) is 0 Å². The van der Waals surface area contributed by atoms with Crippen LogP contribution in [0.15, 0.2) is 0 Å². The van der Waals surface area contributed by atoms with Crippen LogP contribution < -0.4 is 0 Å². The van der Waals surface area contributed by atoms with Crippen molar-refractivity contribution in [2.24, 2.45) is 0 Å². The highest BCUT2D eigenvalue weighted by Gasteiger charge is 1.73. The van der Waals surface area contributed by atoms with Gasteiger partial charge in [0.25, 0.3) is 0 Å². The lowest BCUT2D eigenvalue weighted by atomic mass is 9.54. The van der Waals surface area contributed by atoms with Crippen molar-refractivity contribution in [1.82, 2.24) is 0 Å². The Labute approximate surface area is 34.0 Å². The van der Waals surface area contributed by atoms with E-state index in [4.69, 9.17) is 5.11 Å². The van der Waals surface area contributed by atoms with Crippen molar-refractivity contribution >= 4 is 14.9 Å². The summed E-state index contributed by atoms with van der Waals surface area (Å²) in [6.45, 7) is 0.344. The molecule has 1 nitrogen and oxygen atoms in total. The molecular weight excluding hydrogens is 61.6 g/mol. The van der Waals surface area contributed by atoms with Crippen molar-refractivity contribution in [2.75, 3.05) is 6.61 Å². The standard InChI is InChI=1S/C2H8B2O/c3-4-1-2-5/h4-5H,1-3H2. The van der Waals surface area contributed by atoms with Gasteiger partial charge in [0.05, 0.1) is 14.9 Å². The number of hydrogen-bond acceptors (Lipinski definition) is 1. The van der Waals surface area contributed by atoms with E-state index in [1.54, 1.807) is 0 Å². The van der Waals surface area contributed by atoms with Gasteiger partial charge in [0, 0.05) is 6.61 Å². The van der Waals surface area contributed by atoms with Gasteiger partial charge in [-0.25, -0.2) is 0 Å². The van der Waals surface area contributed by atoms with Gasteiger partial charge < -0.3 is 5.11 Å². The second kappa shape index (κ2) is 4.09. The maximum atomic E-state index is 8.07. The molecule has 0 radical (unpaired) electrons. The summed E-state index contributed by atoms with van der Waals surface area (Å²) in [7, 11) is 3.15. The number of aliphatic hydroxyl groups is 1. The summed E-state index contributed by atoms with van der Waals surface area (Å²) in [4.78, 5) is 0. The van der Waals surface area contributed by atoms with Crippen molar-refractivity contribution in [2.45, 2.75) is 6.32 Å². The smallest absolute Gasteiger partial charge is 0.0850 e. The van der Waals surface area contributed by atoms with Gasteiger partial charge in [0.1, 0.15) is 0 Å². The fourth-order valence-corrected chi connectivity index (χ4v) is 0.158. The van der Waals surface area contributed by atoms with Crippen LogP contribution in [-0.4, -0.2) is 26.6 Å². The topological polar surface area (TPSA) is 20.2 Å². The minimum absolute atomic E-state index is 0.344. The molecule has 0 saturated heterocycles. The van der Waals surface area contributed by atoms with Crippen molar-refractivity contribution in [3.05, 3.63) is 0 Å². The fourth-order valence-electron chi connectivity index (χ4n) is 0.158. The molecule has 0 fully saturated rings. The monoisotopic (exact) mass is 70.1 g/mol. The largest absolute Gasteiger partial charge is 0.397 e. The highest BCUT2D eigenvalue weighted by molar-refractivity contribution is 6.89. The highest BCUT2D eigenvalue weighted by Crippen LogP contribution is 1.63. The predicted molar refractivity (Wildman–Crippen MR) is 27.6 cm³/mol. The molecule has 0 aliphatic carbocycles. The lowest BCUT2D eigenvalue weighted by molar-refractivity contribution is 0.318. The van der Waals surface area contributed by atoms with E-state index in [1.807, 2.05) is 0 Å². The second-order valence-corrected chi connectivity index (χ2v) is 1.08. The molecule has 5 heavy (non-hydrogen) atoms. The van der Waals surface area contributed by atoms with E-state index in [1.165, 1.54) is 0 Å². The molecule has 0 rings (SSSR count). The number of hydrogen-bond donors (Lipinski definition) is 1. The quantitative estimate of drug-likeness (QED) is 0.387. The Morgan fingerprint density at radius 1 is 1.80 bits per heavy atom. The summed E-state index contributed by atoms with van der Waals surface area (Å²) in [6, 6.07) is 0. The van der Waals surface area contributed by atoms with Crippen LogP contribution in [0.25, 0.3) is 0 Å². The molecule has 0 aromatic rings. The van der Waals surface area contributed by atoms with Gasteiger partial charge in [-0.15, -0.1) is 0 Å². The first-order valence-electron chi connectivity index (χ1n) is 2.02. The average Bonchev–Trinajstić information content (AvgIpc) is 1.41. The van der Waals surface area contributed by atoms with Crippen molar-refractivity contribution in [1.29, 1.82) is 0 Å². The van der Waals surface area contributed by atoms with E-state index in [0.717, 1.165) is 13.5 Å². The summed E-state index contributed by atoms with van der Waals surface area (Å²) in [5, 5.41) is 8.07. The Morgan fingerprint density at radius 2 is 2.40 bits per heavy atom. The molecule has 0 heterocycles. The molecule has 0 amide bonds. The molecule has 0 aliphatic rings. The molecule has 1 N–H and O–H groups in total. The molecule has 0 aliphatic heterocycles. The maximum Gasteiger partial charge on any atom is 0.0850 e. The summed E-state index contributed by atoms with van der Waals surface area (Å²) in [6.07, 6.45) is 0.944. The molecule has 0 saturated carbocycles. The van der Waals surface area contributed by atoms with Crippen LogP contribution in [0.3, 0.4) is 0 Å². The Hall–Kier alpha value is 0.0899. The lowest BCUT2D eigenvalue weighted by Gasteiger charge is -1.76. The third-order valence-electron chi connectivity index (χ3n) is 0.512. The summed E-state index contributed by atoms with van der Waals surface area (Å²) < 4.78 is 0. The van der Waals surface area contributed by atoms with Crippen LogP contribution in [0.2, 0.25) is 6.32 Å². The molecule has 28 valence electrons. The zero-order chi connectivity index (χ0) is 4.12. The van der Waals surface area contributed by atoms with Crippen molar-refractivity contribution in [3.8, 4) is 0 Å². The van der Waals surface area contributed by atoms with Crippen molar-refractivity contribution < 1.29 is 5.11 Å². The Bertz CT molecular complexity index is 15.1. The average molecular weight is 69.7 g/mol. The first kappa shape index (κ1) is 5.09. The Balaban J connectivity index is 2.19. The van der Waals surface area contributed by atoms with E-state index < -0.39 is 0 Å². The molecule has 3 heteroatoms. The normalized spacial score (nSPS) is 7.40. The first-order valence-corrected chi connectivity index (χ1v) is 2.02. The molecule has 0 atom stereocenters. The maximum absolute atomic E-state index is 8.07. The summed E-state index contributed by atoms with van der Waals surface area (Å²) in [5.74, 6) is 0. The molecule has 0 bridgehead atoms. The Morgan fingerprint density at radius 3 is 2.40 bits per heavy atom. The second-order valence-electron chi connectivity index (χ2n) is 1.08. The first-order chi connectivity index (χ1) is 2.41. The molecule has 0 unspecified atom stereocenters. The van der Waals surface area contributed by atoms with Crippen LogP contribution in [-0.2, 0) is 0 Å². The zero-order valence-electron chi connectivity index (χ0n) is 3.57. The van der Waals surface area contributed by atoms with Gasteiger partial charge in [0.15, 0.2) is 0 Å². The molecular formula is C2H8B2O. The minimum Gasteiger partial charge on any atom is -0.397 e. The number of aliphatic hydroxyl groups excluding tert-OH is 1. The third kappa shape index (κ3) is 4.09. The van der Waals surface area contributed by atoms with Gasteiger partial charge in [0.2, 0.25) is 0 Å². The predicted octanol–water partition coefficient (Wildman–Crippen LogP) is -1.62. The Kier molecular flexibility index (Phi) is 4.16. The molecule has 0 aromatic heterocycles. The van der Waals surface area contributed by atoms with Crippen LogP contribution in [0.5, 0.6) is 0 Å². The van der Waals surface area contributed by atoms with Gasteiger partial charge in [-0.2, -0.15) is 0 Å². The van der Waals surface area contributed by atoms with Crippen molar-refractivity contribution in [3.63, 3.8) is 0 Å². The molecule has 0 spiro atoms. The summed E-state index contributed by atoms with van der Waals surface area (Å²) >= 11 is 0. The lowest BCUT2D eigenvalue weighted by Crippen LogP contribution is -1.89. The van der Waals surface area contributed by atoms with E-state index in [9.17, 15) is 0 Å². The SMILES string of the molecule is BBCCO. The van der Waals surface area contributed by atoms with Crippen LogP contribution in [0.1, 0.15) is 0 Å². The number of rotatable bonds is 2. The van der Waals surface area contributed by atoms with E-state index >= 15 is 0 Å². The minimum atomic E-state index is 0.344. The van der Waals surface area contributed by atoms with Gasteiger partial charge >= 0.3 is 0 Å². The third-order valence-corrected chi connectivity index (χ3v) is 0.512. The van der Waals surface area contributed by atoms with E-state index in [2.05, 4.69) is 7.74 Å². The van der Waals surface area contributed by atoms with Gasteiger partial charge in [-0.1, -0.05) is 6.32 Å². The van der Waals surface area contributed by atoms with Gasteiger partial charge in [-0.05, 0) is 0 Å². The van der Waals surface area contributed by atoms with Gasteiger partial charge in [-0.3, -0.25) is 0 Å². The highest BCUT2D eigenvalue weighted by atomic mass is 16.2.